The topological polar surface area (TPSA) is 34.9 Å². The minimum atomic E-state index is -0.388. The molecule has 1 aromatic carbocycles. The minimum absolute atomic E-state index is 0.143. The van der Waals surface area contributed by atoms with E-state index in [1.54, 1.807) is 31.3 Å². The van der Waals surface area contributed by atoms with Crippen LogP contribution in [-0.2, 0) is 7.05 Å². The van der Waals surface area contributed by atoms with Gasteiger partial charge >= 0.3 is 0 Å². The Morgan fingerprint density at radius 3 is 2.24 bits per heavy atom. The van der Waals surface area contributed by atoms with E-state index in [2.05, 4.69) is 4.98 Å². The second-order valence-corrected chi connectivity index (χ2v) is 4.57. The molecule has 0 spiro atoms. The van der Waals surface area contributed by atoms with Crippen LogP contribution in [0.3, 0.4) is 0 Å². The molecule has 0 unspecified atom stereocenters. The Kier molecular flexibility index (Phi) is 3.43. The molecule has 0 aliphatic rings. The monoisotopic (exact) mass is 288 g/mol. The lowest BCUT2D eigenvalue weighted by molar-refractivity contribution is 0.852. The first kappa shape index (κ1) is 12.4. The van der Waals surface area contributed by atoms with E-state index in [0.717, 1.165) is 5.56 Å². The summed E-state index contributed by atoms with van der Waals surface area (Å²) in [5.41, 5.74) is 0.877. The van der Waals surface area contributed by atoms with E-state index >= 15 is 0 Å². The molecule has 0 saturated carbocycles. The van der Waals surface area contributed by atoms with Crippen molar-refractivity contribution in [3.63, 3.8) is 0 Å². The Balaban J connectivity index is 2.72. The lowest BCUT2D eigenvalue weighted by Gasteiger charge is -2.10. The van der Waals surface area contributed by atoms with Crippen molar-refractivity contribution in [1.82, 2.24) is 9.55 Å². The first-order valence-electron chi connectivity index (χ1n) is 4.68. The molecule has 0 fully saturated rings. The number of nitrogens with zero attached hydrogens (tertiary/aromatic N) is 2. The van der Waals surface area contributed by atoms with Crippen LogP contribution in [0.1, 0.15) is 0 Å². The zero-order chi connectivity index (χ0) is 12.6. The van der Waals surface area contributed by atoms with E-state index in [0.29, 0.717) is 10.7 Å². The molecule has 2 rings (SSSR count). The van der Waals surface area contributed by atoms with E-state index in [4.69, 9.17) is 34.8 Å². The fourth-order valence-corrected chi connectivity index (χ4v) is 2.19. The van der Waals surface area contributed by atoms with Gasteiger partial charge in [0.2, 0.25) is 0 Å². The van der Waals surface area contributed by atoms with Gasteiger partial charge in [0.15, 0.2) is 10.3 Å². The van der Waals surface area contributed by atoms with Gasteiger partial charge in [-0.2, -0.15) is 0 Å². The molecule has 0 aliphatic carbocycles. The van der Waals surface area contributed by atoms with Crippen LogP contribution in [-0.4, -0.2) is 9.55 Å². The summed E-state index contributed by atoms with van der Waals surface area (Å²) in [7, 11) is 1.59. The van der Waals surface area contributed by atoms with Crippen LogP contribution >= 0.6 is 34.8 Å². The summed E-state index contributed by atoms with van der Waals surface area (Å²) >= 11 is 17.4. The van der Waals surface area contributed by atoms with Crippen molar-refractivity contribution in [3.05, 3.63) is 49.9 Å². The summed E-state index contributed by atoms with van der Waals surface area (Å²) in [4.78, 5) is 15.5. The fraction of sp³-hybridized carbons (Fsp3) is 0.0909. The Labute approximate surface area is 113 Å². The lowest BCUT2D eigenvalue weighted by atomic mass is 10.1. The maximum absolute atomic E-state index is 11.7. The van der Waals surface area contributed by atoms with Gasteiger partial charge in [-0.3, -0.25) is 4.79 Å². The molecule has 6 heteroatoms. The largest absolute Gasteiger partial charge is 0.306 e. The fourth-order valence-electron chi connectivity index (χ4n) is 1.49. The molecule has 2 aromatic rings. The number of rotatable bonds is 1. The Bertz CT molecular complexity index is 620. The predicted molar refractivity (Wildman–Crippen MR) is 69.9 cm³/mol. The number of hydrogen-bond acceptors (Lipinski definition) is 2. The van der Waals surface area contributed by atoms with Crippen LogP contribution in [0.4, 0.5) is 0 Å². The third-order valence-electron chi connectivity index (χ3n) is 2.33. The minimum Gasteiger partial charge on any atom is -0.306 e. The first-order valence-corrected chi connectivity index (χ1v) is 5.82. The van der Waals surface area contributed by atoms with Gasteiger partial charge < -0.3 is 4.57 Å². The summed E-state index contributed by atoms with van der Waals surface area (Å²) in [5.74, 6) is 0. The second-order valence-electron chi connectivity index (χ2n) is 3.41. The van der Waals surface area contributed by atoms with Crippen LogP contribution in [0, 0.1) is 0 Å². The van der Waals surface area contributed by atoms with Gasteiger partial charge in [-0.15, -0.1) is 0 Å². The van der Waals surface area contributed by atoms with Crippen molar-refractivity contribution in [2.45, 2.75) is 0 Å². The number of aromatic nitrogens is 2. The maximum atomic E-state index is 11.7. The summed E-state index contributed by atoms with van der Waals surface area (Å²) < 4.78 is 1.36. The molecule has 0 aliphatic heterocycles. The Morgan fingerprint density at radius 1 is 1.06 bits per heavy atom. The summed E-state index contributed by atoms with van der Waals surface area (Å²) in [5, 5.41) is 0.645. The van der Waals surface area contributed by atoms with Gasteiger partial charge in [0.05, 0.1) is 5.69 Å². The highest BCUT2D eigenvalue weighted by Crippen LogP contribution is 2.26. The van der Waals surface area contributed by atoms with E-state index in [9.17, 15) is 4.79 Å². The normalized spacial score (nSPS) is 10.6. The maximum Gasteiger partial charge on any atom is 0.288 e. The van der Waals surface area contributed by atoms with Crippen LogP contribution in [0.25, 0.3) is 11.3 Å². The van der Waals surface area contributed by atoms with Crippen molar-refractivity contribution in [3.8, 4) is 11.3 Å². The van der Waals surface area contributed by atoms with Gasteiger partial charge in [-0.1, -0.05) is 46.9 Å². The van der Waals surface area contributed by atoms with Crippen molar-refractivity contribution < 1.29 is 0 Å². The molecule has 0 bridgehead atoms. The van der Waals surface area contributed by atoms with Crippen molar-refractivity contribution >= 4 is 34.8 Å². The second kappa shape index (κ2) is 4.69. The average Bonchev–Trinajstić information content (AvgIpc) is 2.29. The van der Waals surface area contributed by atoms with Crippen LogP contribution in [0.5, 0.6) is 0 Å². The first-order chi connectivity index (χ1) is 8.00. The summed E-state index contributed by atoms with van der Waals surface area (Å²) in [6, 6.07) is 6.95. The highest BCUT2D eigenvalue weighted by Gasteiger charge is 2.13. The smallest absolute Gasteiger partial charge is 0.288 e. The highest BCUT2D eigenvalue weighted by molar-refractivity contribution is 6.34. The molecule has 1 heterocycles. The van der Waals surface area contributed by atoms with E-state index in [1.807, 2.05) is 0 Å². The van der Waals surface area contributed by atoms with Crippen LogP contribution in [0.2, 0.25) is 15.3 Å². The van der Waals surface area contributed by atoms with Gasteiger partial charge in [-0.05, 0) is 12.1 Å². The Morgan fingerprint density at radius 2 is 1.65 bits per heavy atom. The quantitative estimate of drug-likeness (QED) is 0.806. The summed E-state index contributed by atoms with van der Waals surface area (Å²) in [6.45, 7) is 0. The van der Waals surface area contributed by atoms with Crippen molar-refractivity contribution in [2.75, 3.05) is 0 Å². The van der Waals surface area contributed by atoms with Crippen LogP contribution < -0.4 is 5.56 Å². The SMILES string of the molecule is Cn1c(-c2ccc(Cl)cc2)c(Cl)nc(Cl)c1=O. The molecule has 88 valence electrons. The molecule has 0 radical (unpaired) electrons. The standard InChI is InChI=1S/C11H7Cl3N2O/c1-16-8(6-2-4-7(12)5-3-6)9(13)15-10(14)11(16)17/h2-5H,1H3. The van der Waals surface area contributed by atoms with Gasteiger partial charge in [0.1, 0.15) is 0 Å². The highest BCUT2D eigenvalue weighted by atomic mass is 35.5. The number of halogens is 3. The number of benzene rings is 1. The zero-order valence-corrected chi connectivity index (χ0v) is 11.0. The molecular weight excluding hydrogens is 282 g/mol. The molecule has 17 heavy (non-hydrogen) atoms. The van der Waals surface area contributed by atoms with E-state index in [1.165, 1.54) is 4.57 Å². The van der Waals surface area contributed by atoms with Crippen LogP contribution in [0.15, 0.2) is 29.1 Å². The molecule has 1 aromatic heterocycles. The van der Waals surface area contributed by atoms with E-state index < -0.39 is 0 Å². The average molecular weight is 290 g/mol. The molecule has 0 N–H and O–H groups in total. The third kappa shape index (κ3) is 2.32. The summed E-state index contributed by atoms with van der Waals surface area (Å²) in [6.07, 6.45) is 0. The van der Waals surface area contributed by atoms with E-state index in [-0.39, 0.29) is 15.9 Å². The molecule has 0 amide bonds. The van der Waals surface area contributed by atoms with Gasteiger partial charge in [0, 0.05) is 17.6 Å². The molecular formula is C11H7Cl3N2O. The molecule has 0 saturated heterocycles. The van der Waals surface area contributed by atoms with Gasteiger partial charge in [0.25, 0.3) is 5.56 Å². The van der Waals surface area contributed by atoms with Crippen molar-refractivity contribution in [2.24, 2.45) is 7.05 Å². The number of hydrogen-bond donors (Lipinski definition) is 0. The molecule has 0 atom stereocenters. The molecule has 3 nitrogen and oxygen atoms in total. The lowest BCUT2D eigenvalue weighted by Crippen LogP contribution is -2.20. The van der Waals surface area contributed by atoms with Crippen molar-refractivity contribution in [1.29, 1.82) is 0 Å². The zero-order valence-electron chi connectivity index (χ0n) is 8.75. The predicted octanol–water partition coefficient (Wildman–Crippen LogP) is 3.41. The van der Waals surface area contributed by atoms with Gasteiger partial charge in [-0.25, -0.2) is 4.98 Å². The third-order valence-corrected chi connectivity index (χ3v) is 3.09. The Hall–Kier alpha value is -1.03.